The molecule has 0 amide bonds. The van der Waals surface area contributed by atoms with Crippen molar-refractivity contribution in [2.45, 2.75) is 6.92 Å². The molecule has 3 aromatic rings. The van der Waals surface area contributed by atoms with Crippen LogP contribution in [0.2, 0.25) is 0 Å². The zero-order valence-electron chi connectivity index (χ0n) is 11.4. The molecular weight excluding hydrogens is 266 g/mol. The molecule has 0 bridgehead atoms. The number of carbonyl (C=O) groups is 1. The molecule has 0 aliphatic rings. The van der Waals surface area contributed by atoms with Gasteiger partial charge in [-0.1, -0.05) is 24.3 Å². The molecule has 1 heterocycles. The summed E-state index contributed by atoms with van der Waals surface area (Å²) in [6, 6.07) is 15.1. The summed E-state index contributed by atoms with van der Waals surface area (Å²) < 4.78 is 0. The van der Waals surface area contributed by atoms with Gasteiger partial charge in [-0.05, 0) is 36.8 Å². The minimum absolute atomic E-state index is 0.219. The van der Waals surface area contributed by atoms with E-state index in [4.69, 9.17) is 5.11 Å². The quantitative estimate of drug-likeness (QED) is 0.768. The predicted octanol–water partition coefficient (Wildman–Crippen LogP) is 3.38. The SMILES string of the molecule is Cc1cccc(Nc2nc(C(=O)O)nc3ccccc23)c1. The van der Waals surface area contributed by atoms with Gasteiger partial charge in [0.05, 0.1) is 5.52 Å². The van der Waals surface area contributed by atoms with E-state index >= 15 is 0 Å². The second-order valence-corrected chi connectivity index (χ2v) is 4.71. The van der Waals surface area contributed by atoms with Gasteiger partial charge in [0.2, 0.25) is 5.82 Å². The highest BCUT2D eigenvalue weighted by Gasteiger charge is 2.12. The molecule has 21 heavy (non-hydrogen) atoms. The van der Waals surface area contributed by atoms with E-state index in [-0.39, 0.29) is 5.82 Å². The van der Waals surface area contributed by atoms with Crippen molar-refractivity contribution >= 4 is 28.4 Å². The second-order valence-electron chi connectivity index (χ2n) is 4.71. The summed E-state index contributed by atoms with van der Waals surface area (Å²) >= 11 is 0. The molecular formula is C16H13N3O2. The molecule has 0 atom stereocenters. The van der Waals surface area contributed by atoms with Crippen molar-refractivity contribution in [2.24, 2.45) is 0 Å². The number of nitrogens with one attached hydrogen (secondary N) is 1. The van der Waals surface area contributed by atoms with Gasteiger partial charge < -0.3 is 10.4 Å². The molecule has 0 fully saturated rings. The number of carboxylic acid groups (broad SMARTS) is 1. The Hall–Kier alpha value is -2.95. The van der Waals surface area contributed by atoms with Crippen molar-refractivity contribution in [3.05, 3.63) is 59.9 Å². The van der Waals surface area contributed by atoms with Crippen molar-refractivity contribution in [1.29, 1.82) is 0 Å². The number of benzene rings is 2. The van der Waals surface area contributed by atoms with Crippen LogP contribution in [0.15, 0.2) is 48.5 Å². The summed E-state index contributed by atoms with van der Waals surface area (Å²) in [4.78, 5) is 19.3. The molecule has 104 valence electrons. The molecule has 5 nitrogen and oxygen atoms in total. The summed E-state index contributed by atoms with van der Waals surface area (Å²) in [5.41, 5.74) is 2.56. The third-order valence-electron chi connectivity index (χ3n) is 3.08. The van der Waals surface area contributed by atoms with Crippen LogP contribution in [0.5, 0.6) is 0 Å². The van der Waals surface area contributed by atoms with Crippen molar-refractivity contribution < 1.29 is 9.90 Å². The van der Waals surface area contributed by atoms with Gasteiger partial charge in [-0.25, -0.2) is 14.8 Å². The summed E-state index contributed by atoms with van der Waals surface area (Å²) in [5, 5.41) is 13.1. The Bertz CT molecular complexity index is 831. The Morgan fingerprint density at radius 3 is 2.67 bits per heavy atom. The van der Waals surface area contributed by atoms with E-state index in [1.807, 2.05) is 49.4 Å². The van der Waals surface area contributed by atoms with E-state index in [0.29, 0.717) is 11.3 Å². The van der Waals surface area contributed by atoms with Crippen LogP contribution in [0.4, 0.5) is 11.5 Å². The third kappa shape index (κ3) is 2.67. The monoisotopic (exact) mass is 279 g/mol. The lowest BCUT2D eigenvalue weighted by Crippen LogP contribution is -2.07. The second kappa shape index (κ2) is 5.20. The fourth-order valence-electron chi connectivity index (χ4n) is 2.13. The molecule has 0 unspecified atom stereocenters. The van der Waals surface area contributed by atoms with E-state index in [1.165, 1.54) is 0 Å². The maximum atomic E-state index is 11.2. The van der Waals surface area contributed by atoms with Crippen LogP contribution in [0, 0.1) is 6.92 Å². The molecule has 2 aromatic carbocycles. The topological polar surface area (TPSA) is 75.1 Å². The molecule has 1 aromatic heterocycles. The molecule has 0 saturated carbocycles. The number of para-hydroxylation sites is 1. The molecule has 3 rings (SSSR count). The number of aromatic carboxylic acids is 1. The minimum Gasteiger partial charge on any atom is -0.475 e. The number of aromatic nitrogens is 2. The van der Waals surface area contributed by atoms with Gasteiger partial charge in [-0.3, -0.25) is 0 Å². The highest BCUT2D eigenvalue weighted by molar-refractivity contribution is 5.94. The predicted molar refractivity (Wildman–Crippen MR) is 81.0 cm³/mol. The van der Waals surface area contributed by atoms with Gasteiger partial charge in [0.1, 0.15) is 5.82 Å². The standard InChI is InChI=1S/C16H13N3O2/c1-10-5-4-6-11(9-10)17-14-12-7-2-3-8-13(12)18-15(19-14)16(20)21/h2-9H,1H3,(H,20,21)(H,17,18,19). The number of nitrogens with zero attached hydrogens (tertiary/aromatic N) is 2. The molecule has 2 N–H and O–H groups in total. The Morgan fingerprint density at radius 2 is 1.90 bits per heavy atom. The Morgan fingerprint density at radius 1 is 1.10 bits per heavy atom. The zero-order chi connectivity index (χ0) is 14.8. The Balaban J connectivity index is 2.13. The molecule has 0 saturated heterocycles. The van der Waals surface area contributed by atoms with Gasteiger partial charge in [0.25, 0.3) is 0 Å². The number of fused-ring (bicyclic) bond motifs is 1. The number of hydrogen-bond donors (Lipinski definition) is 2. The third-order valence-corrected chi connectivity index (χ3v) is 3.08. The zero-order valence-corrected chi connectivity index (χ0v) is 11.4. The van der Waals surface area contributed by atoms with E-state index < -0.39 is 5.97 Å². The fraction of sp³-hybridized carbons (Fsp3) is 0.0625. The summed E-state index contributed by atoms with van der Waals surface area (Å²) in [5.74, 6) is -0.875. The highest BCUT2D eigenvalue weighted by atomic mass is 16.4. The fourth-order valence-corrected chi connectivity index (χ4v) is 2.13. The van der Waals surface area contributed by atoms with Gasteiger partial charge in [-0.15, -0.1) is 0 Å². The van der Waals surface area contributed by atoms with E-state index in [2.05, 4.69) is 15.3 Å². The Labute approximate surface area is 121 Å². The van der Waals surface area contributed by atoms with Crippen LogP contribution in [-0.2, 0) is 0 Å². The number of rotatable bonds is 3. The van der Waals surface area contributed by atoms with Crippen molar-refractivity contribution in [3.8, 4) is 0 Å². The first-order valence-corrected chi connectivity index (χ1v) is 6.47. The first-order valence-electron chi connectivity index (χ1n) is 6.47. The average Bonchev–Trinajstić information content (AvgIpc) is 2.47. The lowest BCUT2D eigenvalue weighted by molar-refractivity contribution is 0.0684. The van der Waals surface area contributed by atoms with Crippen LogP contribution < -0.4 is 5.32 Å². The van der Waals surface area contributed by atoms with Crippen molar-refractivity contribution in [1.82, 2.24) is 9.97 Å². The molecule has 0 spiro atoms. The largest absolute Gasteiger partial charge is 0.475 e. The summed E-state index contributed by atoms with van der Waals surface area (Å²) in [6.45, 7) is 1.99. The van der Waals surface area contributed by atoms with Crippen molar-refractivity contribution in [3.63, 3.8) is 0 Å². The normalized spacial score (nSPS) is 10.5. The van der Waals surface area contributed by atoms with Gasteiger partial charge in [0.15, 0.2) is 0 Å². The average molecular weight is 279 g/mol. The molecule has 0 radical (unpaired) electrons. The van der Waals surface area contributed by atoms with Crippen LogP contribution in [0.3, 0.4) is 0 Å². The summed E-state index contributed by atoms with van der Waals surface area (Å²) in [7, 11) is 0. The van der Waals surface area contributed by atoms with Crippen LogP contribution in [-0.4, -0.2) is 21.0 Å². The van der Waals surface area contributed by atoms with Crippen molar-refractivity contribution in [2.75, 3.05) is 5.32 Å². The van der Waals surface area contributed by atoms with E-state index in [1.54, 1.807) is 6.07 Å². The maximum Gasteiger partial charge on any atom is 0.374 e. The smallest absolute Gasteiger partial charge is 0.374 e. The molecule has 0 aliphatic heterocycles. The Kier molecular flexibility index (Phi) is 3.23. The van der Waals surface area contributed by atoms with E-state index in [0.717, 1.165) is 16.6 Å². The van der Waals surface area contributed by atoms with Gasteiger partial charge >= 0.3 is 5.97 Å². The molecule has 0 aliphatic carbocycles. The van der Waals surface area contributed by atoms with Crippen LogP contribution in [0.1, 0.15) is 16.2 Å². The van der Waals surface area contributed by atoms with Crippen LogP contribution >= 0.6 is 0 Å². The van der Waals surface area contributed by atoms with Gasteiger partial charge in [-0.2, -0.15) is 0 Å². The number of anilines is 2. The maximum absolute atomic E-state index is 11.2. The lowest BCUT2D eigenvalue weighted by Gasteiger charge is -2.10. The number of aryl methyl sites for hydroxylation is 1. The highest BCUT2D eigenvalue weighted by Crippen LogP contribution is 2.24. The van der Waals surface area contributed by atoms with Crippen LogP contribution in [0.25, 0.3) is 10.9 Å². The minimum atomic E-state index is -1.15. The van der Waals surface area contributed by atoms with Gasteiger partial charge in [0, 0.05) is 11.1 Å². The summed E-state index contributed by atoms with van der Waals surface area (Å²) in [6.07, 6.45) is 0. The van der Waals surface area contributed by atoms with E-state index in [9.17, 15) is 4.79 Å². The number of hydrogen-bond acceptors (Lipinski definition) is 4. The first kappa shape index (κ1) is 13.1. The number of carboxylic acids is 1. The molecule has 5 heteroatoms. The first-order chi connectivity index (χ1) is 10.1. The lowest BCUT2D eigenvalue weighted by atomic mass is 10.2.